The molecule has 0 saturated carbocycles. The summed E-state index contributed by atoms with van der Waals surface area (Å²) in [6.07, 6.45) is 4.55. The molecular weight excluding hydrogens is 228 g/mol. The number of pyridine rings is 1. The molecular formula is C14H22N2O2. The lowest BCUT2D eigenvalue weighted by molar-refractivity contribution is -0.0423. The van der Waals surface area contributed by atoms with Gasteiger partial charge in [0, 0.05) is 24.3 Å². The van der Waals surface area contributed by atoms with E-state index in [1.165, 1.54) is 0 Å². The third-order valence-electron chi connectivity index (χ3n) is 3.32. The third-order valence-corrected chi connectivity index (χ3v) is 3.32. The van der Waals surface area contributed by atoms with E-state index in [9.17, 15) is 0 Å². The maximum atomic E-state index is 5.74. The molecule has 1 aliphatic rings. The minimum Gasteiger partial charge on any atom is -0.481 e. The molecule has 1 saturated heterocycles. The van der Waals surface area contributed by atoms with Crippen molar-refractivity contribution < 1.29 is 9.47 Å². The molecule has 2 atom stereocenters. The first-order chi connectivity index (χ1) is 8.69. The van der Waals surface area contributed by atoms with Crippen molar-refractivity contribution in [3.05, 3.63) is 23.9 Å². The summed E-state index contributed by atoms with van der Waals surface area (Å²) in [7, 11) is 1.66. The molecule has 100 valence electrons. The van der Waals surface area contributed by atoms with E-state index in [1.807, 2.05) is 12.1 Å². The Morgan fingerprint density at radius 3 is 2.78 bits per heavy atom. The predicted molar refractivity (Wildman–Crippen MR) is 70.7 cm³/mol. The zero-order valence-electron chi connectivity index (χ0n) is 11.3. The normalized spacial score (nSPS) is 28.1. The largest absolute Gasteiger partial charge is 0.481 e. The molecule has 1 N–H and O–H groups in total. The molecule has 2 unspecified atom stereocenters. The maximum Gasteiger partial charge on any atom is 0.217 e. The summed E-state index contributed by atoms with van der Waals surface area (Å²) in [6.45, 7) is 5.06. The lowest BCUT2D eigenvalue weighted by Crippen LogP contribution is -2.41. The van der Waals surface area contributed by atoms with Crippen LogP contribution in [0.25, 0.3) is 0 Å². The smallest absolute Gasteiger partial charge is 0.217 e. The molecule has 0 amide bonds. The molecule has 1 aliphatic heterocycles. The second-order valence-electron chi connectivity index (χ2n) is 4.98. The summed E-state index contributed by atoms with van der Waals surface area (Å²) in [5, 5.41) is 3.57. The van der Waals surface area contributed by atoms with Crippen LogP contribution in [0.3, 0.4) is 0 Å². The number of rotatable bonds is 4. The standard InChI is InChI=1S/C14H22N2O2/c1-10-7-13(8-11(2)18-10)16-9-12-5-4-6-15-14(12)17-3/h4-6,10-11,13,16H,7-9H2,1-3H3. The van der Waals surface area contributed by atoms with Crippen LogP contribution in [0.2, 0.25) is 0 Å². The van der Waals surface area contributed by atoms with Crippen LogP contribution in [0.5, 0.6) is 5.88 Å². The lowest BCUT2D eigenvalue weighted by Gasteiger charge is -2.32. The van der Waals surface area contributed by atoms with Crippen LogP contribution < -0.4 is 10.1 Å². The van der Waals surface area contributed by atoms with Gasteiger partial charge < -0.3 is 14.8 Å². The van der Waals surface area contributed by atoms with E-state index in [1.54, 1.807) is 13.3 Å². The Hall–Kier alpha value is -1.13. The predicted octanol–water partition coefficient (Wildman–Crippen LogP) is 2.14. The number of aromatic nitrogens is 1. The summed E-state index contributed by atoms with van der Waals surface area (Å²) in [5.74, 6) is 0.707. The van der Waals surface area contributed by atoms with Gasteiger partial charge in [-0.05, 0) is 32.8 Å². The van der Waals surface area contributed by atoms with E-state index in [0.717, 1.165) is 24.9 Å². The van der Waals surface area contributed by atoms with Gasteiger partial charge in [-0.25, -0.2) is 4.98 Å². The van der Waals surface area contributed by atoms with Crippen LogP contribution in [-0.4, -0.2) is 30.3 Å². The van der Waals surface area contributed by atoms with Crippen LogP contribution in [0.1, 0.15) is 32.3 Å². The van der Waals surface area contributed by atoms with E-state index >= 15 is 0 Å². The van der Waals surface area contributed by atoms with E-state index in [0.29, 0.717) is 24.1 Å². The van der Waals surface area contributed by atoms with E-state index in [-0.39, 0.29) is 0 Å². The number of hydrogen-bond acceptors (Lipinski definition) is 4. The number of nitrogens with zero attached hydrogens (tertiary/aromatic N) is 1. The Bertz CT molecular complexity index is 374. The summed E-state index contributed by atoms with van der Waals surface area (Å²) in [4.78, 5) is 4.20. The van der Waals surface area contributed by atoms with Crippen molar-refractivity contribution in [1.29, 1.82) is 0 Å². The topological polar surface area (TPSA) is 43.4 Å². The summed E-state index contributed by atoms with van der Waals surface area (Å²) in [5.41, 5.74) is 1.10. The van der Waals surface area contributed by atoms with Crippen molar-refractivity contribution in [1.82, 2.24) is 10.3 Å². The van der Waals surface area contributed by atoms with Crippen molar-refractivity contribution in [3.63, 3.8) is 0 Å². The van der Waals surface area contributed by atoms with Gasteiger partial charge in [-0.2, -0.15) is 0 Å². The lowest BCUT2D eigenvalue weighted by atomic mass is 9.99. The van der Waals surface area contributed by atoms with Crippen molar-refractivity contribution in [2.45, 2.75) is 51.5 Å². The molecule has 18 heavy (non-hydrogen) atoms. The number of nitrogens with one attached hydrogen (secondary N) is 1. The Morgan fingerprint density at radius 2 is 2.11 bits per heavy atom. The average molecular weight is 250 g/mol. The minimum atomic E-state index is 0.335. The fourth-order valence-electron chi connectivity index (χ4n) is 2.57. The van der Waals surface area contributed by atoms with Crippen molar-refractivity contribution in [2.75, 3.05) is 7.11 Å². The molecule has 0 aliphatic carbocycles. The number of hydrogen-bond donors (Lipinski definition) is 1. The minimum absolute atomic E-state index is 0.335. The van der Waals surface area contributed by atoms with E-state index in [2.05, 4.69) is 24.1 Å². The monoisotopic (exact) mass is 250 g/mol. The Balaban J connectivity index is 1.91. The Kier molecular flexibility index (Phi) is 4.55. The van der Waals surface area contributed by atoms with Gasteiger partial charge in [-0.1, -0.05) is 6.07 Å². The van der Waals surface area contributed by atoms with E-state index in [4.69, 9.17) is 9.47 Å². The van der Waals surface area contributed by atoms with Crippen molar-refractivity contribution in [2.24, 2.45) is 0 Å². The molecule has 0 radical (unpaired) electrons. The molecule has 1 fully saturated rings. The molecule has 0 bridgehead atoms. The molecule has 1 aromatic heterocycles. The maximum absolute atomic E-state index is 5.74. The summed E-state index contributed by atoms with van der Waals surface area (Å²) in [6, 6.07) is 4.49. The van der Waals surface area contributed by atoms with Crippen molar-refractivity contribution in [3.8, 4) is 5.88 Å². The first kappa shape index (κ1) is 13.3. The van der Waals surface area contributed by atoms with Gasteiger partial charge in [0.05, 0.1) is 19.3 Å². The van der Waals surface area contributed by atoms with Gasteiger partial charge in [0.15, 0.2) is 0 Å². The number of ether oxygens (including phenoxy) is 2. The fourth-order valence-corrected chi connectivity index (χ4v) is 2.57. The Labute approximate surface area is 109 Å². The first-order valence-electron chi connectivity index (χ1n) is 6.55. The summed E-state index contributed by atoms with van der Waals surface area (Å²) < 4.78 is 11.0. The molecule has 0 spiro atoms. The molecule has 1 aromatic rings. The highest BCUT2D eigenvalue weighted by Crippen LogP contribution is 2.20. The molecule has 2 rings (SSSR count). The molecule has 4 nitrogen and oxygen atoms in total. The van der Waals surface area contributed by atoms with Gasteiger partial charge in [-0.3, -0.25) is 0 Å². The van der Waals surface area contributed by atoms with Gasteiger partial charge in [-0.15, -0.1) is 0 Å². The second-order valence-corrected chi connectivity index (χ2v) is 4.98. The van der Waals surface area contributed by atoms with Crippen LogP contribution in [0.4, 0.5) is 0 Å². The van der Waals surface area contributed by atoms with Crippen LogP contribution in [-0.2, 0) is 11.3 Å². The fraction of sp³-hybridized carbons (Fsp3) is 0.643. The van der Waals surface area contributed by atoms with Crippen molar-refractivity contribution >= 4 is 0 Å². The zero-order chi connectivity index (χ0) is 13.0. The van der Waals surface area contributed by atoms with Gasteiger partial charge >= 0.3 is 0 Å². The van der Waals surface area contributed by atoms with Gasteiger partial charge in [0.1, 0.15) is 0 Å². The zero-order valence-corrected chi connectivity index (χ0v) is 11.3. The van der Waals surface area contributed by atoms with Gasteiger partial charge in [0.25, 0.3) is 0 Å². The Morgan fingerprint density at radius 1 is 1.39 bits per heavy atom. The van der Waals surface area contributed by atoms with Gasteiger partial charge in [0.2, 0.25) is 5.88 Å². The second kappa shape index (κ2) is 6.16. The first-order valence-corrected chi connectivity index (χ1v) is 6.55. The SMILES string of the molecule is COc1ncccc1CNC1CC(C)OC(C)C1. The summed E-state index contributed by atoms with van der Waals surface area (Å²) >= 11 is 0. The van der Waals surface area contributed by atoms with E-state index < -0.39 is 0 Å². The quantitative estimate of drug-likeness (QED) is 0.889. The third kappa shape index (κ3) is 3.43. The highest BCUT2D eigenvalue weighted by molar-refractivity contribution is 5.25. The van der Waals surface area contributed by atoms with Crippen LogP contribution in [0.15, 0.2) is 18.3 Å². The average Bonchev–Trinajstić information content (AvgIpc) is 2.35. The molecule has 4 heteroatoms. The highest BCUT2D eigenvalue weighted by atomic mass is 16.5. The van der Waals surface area contributed by atoms with Crippen LogP contribution in [0, 0.1) is 0 Å². The van der Waals surface area contributed by atoms with Crippen LogP contribution >= 0.6 is 0 Å². The number of methoxy groups -OCH3 is 1. The molecule has 0 aromatic carbocycles. The molecule has 2 heterocycles. The highest BCUT2D eigenvalue weighted by Gasteiger charge is 2.24.